The average Bonchev–Trinajstić information content (AvgIpc) is 2.45. The van der Waals surface area contributed by atoms with Crippen molar-refractivity contribution in [3.05, 3.63) is 29.8 Å². The van der Waals surface area contributed by atoms with Crippen LogP contribution in [-0.4, -0.2) is 39.5 Å². The van der Waals surface area contributed by atoms with E-state index in [2.05, 4.69) is 22.8 Å². The van der Waals surface area contributed by atoms with Gasteiger partial charge in [-0.3, -0.25) is 0 Å². The number of nitrogens with one attached hydrogen (secondary N) is 2. The van der Waals surface area contributed by atoms with Gasteiger partial charge < -0.3 is 20.1 Å². The van der Waals surface area contributed by atoms with Crippen LogP contribution in [-0.2, 0) is 11.3 Å². The molecule has 18 heavy (non-hydrogen) atoms. The Labute approximate surface area is 109 Å². The van der Waals surface area contributed by atoms with E-state index in [1.807, 2.05) is 12.1 Å². The van der Waals surface area contributed by atoms with E-state index in [1.54, 1.807) is 7.11 Å². The molecular weight excluding hydrogens is 228 g/mol. The fraction of sp³-hybridized carbons (Fsp3) is 0.571. The number of rotatable bonds is 6. The summed E-state index contributed by atoms with van der Waals surface area (Å²) >= 11 is 0. The van der Waals surface area contributed by atoms with E-state index in [4.69, 9.17) is 9.47 Å². The lowest BCUT2D eigenvalue weighted by atomic mass is 10.2. The SMILES string of the molecule is COc1ccc(CNCCC2COCCN2)cc1. The van der Waals surface area contributed by atoms with Crippen molar-refractivity contribution in [2.45, 2.75) is 19.0 Å². The quantitative estimate of drug-likeness (QED) is 0.744. The maximum atomic E-state index is 5.42. The zero-order valence-electron chi connectivity index (χ0n) is 10.9. The molecule has 0 radical (unpaired) electrons. The van der Waals surface area contributed by atoms with E-state index >= 15 is 0 Å². The molecular formula is C14H22N2O2. The van der Waals surface area contributed by atoms with Crippen molar-refractivity contribution in [3.63, 3.8) is 0 Å². The monoisotopic (exact) mass is 250 g/mol. The summed E-state index contributed by atoms with van der Waals surface area (Å²) in [6.07, 6.45) is 1.11. The fourth-order valence-electron chi connectivity index (χ4n) is 2.06. The van der Waals surface area contributed by atoms with Crippen molar-refractivity contribution < 1.29 is 9.47 Å². The summed E-state index contributed by atoms with van der Waals surface area (Å²) in [7, 11) is 1.69. The Hall–Kier alpha value is -1.10. The molecule has 4 nitrogen and oxygen atoms in total. The van der Waals surface area contributed by atoms with Gasteiger partial charge in [0.15, 0.2) is 0 Å². The molecule has 4 heteroatoms. The second-order valence-electron chi connectivity index (χ2n) is 4.54. The van der Waals surface area contributed by atoms with Gasteiger partial charge in [-0.1, -0.05) is 12.1 Å². The largest absolute Gasteiger partial charge is 0.497 e. The van der Waals surface area contributed by atoms with Gasteiger partial charge in [0.25, 0.3) is 0 Å². The fourth-order valence-corrected chi connectivity index (χ4v) is 2.06. The molecule has 2 rings (SSSR count). The highest BCUT2D eigenvalue weighted by Gasteiger charge is 2.11. The van der Waals surface area contributed by atoms with Crippen LogP contribution < -0.4 is 15.4 Å². The molecule has 1 atom stereocenters. The van der Waals surface area contributed by atoms with Crippen molar-refractivity contribution in [1.82, 2.24) is 10.6 Å². The van der Waals surface area contributed by atoms with Crippen molar-refractivity contribution in [2.24, 2.45) is 0 Å². The number of morpholine rings is 1. The normalized spacial score (nSPS) is 19.7. The molecule has 1 aromatic rings. The number of benzene rings is 1. The molecule has 1 unspecified atom stereocenters. The molecule has 1 saturated heterocycles. The molecule has 0 aromatic heterocycles. The number of methoxy groups -OCH3 is 1. The summed E-state index contributed by atoms with van der Waals surface area (Å²) < 4.78 is 10.6. The predicted octanol–water partition coefficient (Wildman–Crippen LogP) is 1.16. The summed E-state index contributed by atoms with van der Waals surface area (Å²) in [5.74, 6) is 0.905. The van der Waals surface area contributed by atoms with Crippen molar-refractivity contribution in [2.75, 3.05) is 33.4 Å². The highest BCUT2D eigenvalue weighted by atomic mass is 16.5. The Balaban J connectivity index is 1.62. The Morgan fingerprint density at radius 3 is 2.89 bits per heavy atom. The van der Waals surface area contributed by atoms with Gasteiger partial charge in [0.05, 0.1) is 20.3 Å². The van der Waals surface area contributed by atoms with Gasteiger partial charge >= 0.3 is 0 Å². The molecule has 1 aromatic carbocycles. The van der Waals surface area contributed by atoms with Gasteiger partial charge in [0, 0.05) is 19.1 Å². The average molecular weight is 250 g/mol. The van der Waals surface area contributed by atoms with E-state index in [-0.39, 0.29) is 0 Å². The molecule has 0 amide bonds. The van der Waals surface area contributed by atoms with E-state index in [0.29, 0.717) is 6.04 Å². The Morgan fingerprint density at radius 1 is 1.39 bits per heavy atom. The molecule has 1 heterocycles. The van der Waals surface area contributed by atoms with Crippen molar-refractivity contribution in [1.29, 1.82) is 0 Å². The lowest BCUT2D eigenvalue weighted by Crippen LogP contribution is -2.42. The first-order valence-electron chi connectivity index (χ1n) is 6.53. The van der Waals surface area contributed by atoms with Crippen LogP contribution >= 0.6 is 0 Å². The zero-order valence-corrected chi connectivity index (χ0v) is 10.9. The summed E-state index contributed by atoms with van der Waals surface area (Å²) in [5.41, 5.74) is 1.28. The van der Waals surface area contributed by atoms with Crippen LogP contribution in [0.3, 0.4) is 0 Å². The number of ether oxygens (including phenoxy) is 2. The molecule has 1 aliphatic rings. The van der Waals surface area contributed by atoms with Crippen LogP contribution in [0.4, 0.5) is 0 Å². The lowest BCUT2D eigenvalue weighted by molar-refractivity contribution is 0.0742. The first kappa shape index (κ1) is 13.3. The highest BCUT2D eigenvalue weighted by molar-refractivity contribution is 5.26. The Morgan fingerprint density at radius 2 is 2.22 bits per heavy atom. The van der Waals surface area contributed by atoms with Gasteiger partial charge in [0.1, 0.15) is 5.75 Å². The molecule has 1 aliphatic heterocycles. The molecule has 0 aliphatic carbocycles. The van der Waals surface area contributed by atoms with Crippen molar-refractivity contribution >= 4 is 0 Å². The summed E-state index contributed by atoms with van der Waals surface area (Å²) in [6, 6.07) is 8.67. The van der Waals surface area contributed by atoms with Gasteiger partial charge in [-0.05, 0) is 30.7 Å². The third-order valence-electron chi connectivity index (χ3n) is 3.16. The van der Waals surface area contributed by atoms with Crippen LogP contribution in [0.25, 0.3) is 0 Å². The van der Waals surface area contributed by atoms with Gasteiger partial charge in [-0.15, -0.1) is 0 Å². The Kier molecular flexibility index (Phi) is 5.45. The summed E-state index contributed by atoms with van der Waals surface area (Å²) in [4.78, 5) is 0. The molecule has 100 valence electrons. The van der Waals surface area contributed by atoms with Gasteiger partial charge in [-0.2, -0.15) is 0 Å². The molecule has 0 saturated carbocycles. The standard InChI is InChI=1S/C14H22N2O2/c1-17-14-4-2-12(3-5-14)10-15-7-6-13-11-18-9-8-16-13/h2-5,13,15-16H,6-11H2,1H3. The maximum Gasteiger partial charge on any atom is 0.118 e. The second kappa shape index (κ2) is 7.36. The minimum absolute atomic E-state index is 0.502. The zero-order chi connectivity index (χ0) is 12.6. The molecule has 2 N–H and O–H groups in total. The summed E-state index contributed by atoms with van der Waals surface area (Å²) in [5, 5.41) is 6.90. The van der Waals surface area contributed by atoms with E-state index in [9.17, 15) is 0 Å². The first-order valence-corrected chi connectivity index (χ1v) is 6.53. The van der Waals surface area contributed by atoms with Crippen LogP contribution in [0.1, 0.15) is 12.0 Å². The lowest BCUT2D eigenvalue weighted by Gasteiger charge is -2.23. The topological polar surface area (TPSA) is 42.5 Å². The van der Waals surface area contributed by atoms with Gasteiger partial charge in [-0.25, -0.2) is 0 Å². The molecule has 0 bridgehead atoms. The minimum atomic E-state index is 0.502. The predicted molar refractivity (Wildman–Crippen MR) is 71.9 cm³/mol. The van der Waals surface area contributed by atoms with Gasteiger partial charge in [0.2, 0.25) is 0 Å². The van der Waals surface area contributed by atoms with E-state index in [1.165, 1.54) is 5.56 Å². The Bertz CT molecular complexity index is 334. The molecule has 0 spiro atoms. The molecule has 1 fully saturated rings. The number of hydrogen-bond donors (Lipinski definition) is 2. The van der Waals surface area contributed by atoms with Crippen LogP contribution in [0, 0.1) is 0 Å². The van der Waals surface area contributed by atoms with E-state index < -0.39 is 0 Å². The number of hydrogen-bond acceptors (Lipinski definition) is 4. The minimum Gasteiger partial charge on any atom is -0.497 e. The maximum absolute atomic E-state index is 5.42. The van der Waals surface area contributed by atoms with Crippen molar-refractivity contribution in [3.8, 4) is 5.75 Å². The third kappa shape index (κ3) is 4.29. The van der Waals surface area contributed by atoms with Crippen LogP contribution in [0.15, 0.2) is 24.3 Å². The second-order valence-corrected chi connectivity index (χ2v) is 4.54. The van der Waals surface area contributed by atoms with E-state index in [0.717, 1.165) is 45.0 Å². The van der Waals surface area contributed by atoms with Crippen LogP contribution in [0.2, 0.25) is 0 Å². The van der Waals surface area contributed by atoms with Crippen LogP contribution in [0.5, 0.6) is 5.75 Å². The summed E-state index contributed by atoms with van der Waals surface area (Å²) in [6.45, 7) is 4.56. The first-order chi connectivity index (χ1) is 8.88. The third-order valence-corrected chi connectivity index (χ3v) is 3.16. The smallest absolute Gasteiger partial charge is 0.118 e. The highest BCUT2D eigenvalue weighted by Crippen LogP contribution is 2.10.